The van der Waals surface area contributed by atoms with E-state index < -0.39 is 11.5 Å². The molecular weight excluding hydrogens is 220 g/mol. The van der Waals surface area contributed by atoms with Crippen molar-refractivity contribution in [3.63, 3.8) is 0 Å². The number of fused-ring (bicyclic) bond motifs is 1. The molecule has 1 amide bonds. The first-order valence-electron chi connectivity index (χ1n) is 5.26. The molecule has 0 bridgehead atoms. The van der Waals surface area contributed by atoms with Gasteiger partial charge in [0.1, 0.15) is 5.56 Å². The highest BCUT2D eigenvalue weighted by atomic mass is 16.6. The van der Waals surface area contributed by atoms with Crippen LogP contribution in [-0.2, 0) is 4.84 Å². The molecule has 0 aliphatic rings. The van der Waals surface area contributed by atoms with Gasteiger partial charge in [0, 0.05) is 5.52 Å². The lowest BCUT2D eigenvalue weighted by Gasteiger charge is -2.04. The minimum Gasteiger partial charge on any atom is -0.321 e. The monoisotopic (exact) mass is 232 g/mol. The number of hydrogen-bond donors (Lipinski definition) is 2. The fourth-order valence-electron chi connectivity index (χ4n) is 1.51. The van der Waals surface area contributed by atoms with Gasteiger partial charge in [-0.05, 0) is 24.4 Å². The van der Waals surface area contributed by atoms with Crippen LogP contribution < -0.4 is 11.0 Å². The zero-order chi connectivity index (χ0) is 12.3. The third kappa shape index (κ3) is 2.34. The summed E-state index contributed by atoms with van der Waals surface area (Å²) < 4.78 is 0. The number of carbonyl (C=O) groups excluding carboxylic acids is 1. The van der Waals surface area contributed by atoms with Crippen LogP contribution in [0.2, 0.25) is 0 Å². The number of hydroxylamine groups is 1. The van der Waals surface area contributed by atoms with Crippen LogP contribution in [0.25, 0.3) is 10.9 Å². The van der Waals surface area contributed by atoms with E-state index in [1.807, 2.05) is 18.2 Å². The lowest BCUT2D eigenvalue weighted by Crippen LogP contribution is -2.29. The van der Waals surface area contributed by atoms with Gasteiger partial charge in [0.05, 0.1) is 6.61 Å². The van der Waals surface area contributed by atoms with Gasteiger partial charge in [-0.25, -0.2) is 5.48 Å². The Morgan fingerprint density at radius 2 is 2.18 bits per heavy atom. The molecule has 17 heavy (non-hydrogen) atoms. The quantitative estimate of drug-likeness (QED) is 0.781. The predicted octanol–water partition coefficient (Wildman–Crippen LogP) is 1.21. The zero-order valence-corrected chi connectivity index (χ0v) is 9.32. The molecule has 88 valence electrons. The summed E-state index contributed by atoms with van der Waals surface area (Å²) in [4.78, 5) is 30.7. The van der Waals surface area contributed by atoms with Gasteiger partial charge in [-0.1, -0.05) is 18.2 Å². The highest BCUT2D eigenvalue weighted by molar-refractivity contribution is 5.96. The molecule has 2 N–H and O–H groups in total. The molecule has 0 atom stereocenters. The fraction of sp³-hybridized carbons (Fsp3) is 0.167. The van der Waals surface area contributed by atoms with Gasteiger partial charge in [-0.2, -0.15) is 0 Å². The van der Waals surface area contributed by atoms with Crippen molar-refractivity contribution in [2.24, 2.45) is 0 Å². The molecule has 5 heteroatoms. The summed E-state index contributed by atoms with van der Waals surface area (Å²) in [6.45, 7) is 2.09. The second-order valence-electron chi connectivity index (χ2n) is 3.46. The Balaban J connectivity index is 2.44. The molecule has 0 saturated heterocycles. The number of aromatic amines is 1. The molecule has 0 radical (unpaired) electrons. The molecule has 1 heterocycles. The second-order valence-corrected chi connectivity index (χ2v) is 3.46. The molecule has 0 aliphatic carbocycles. The Kier molecular flexibility index (Phi) is 3.20. The van der Waals surface area contributed by atoms with E-state index in [4.69, 9.17) is 4.84 Å². The smallest absolute Gasteiger partial charge is 0.280 e. The molecule has 0 saturated carbocycles. The summed E-state index contributed by atoms with van der Waals surface area (Å²) in [5.74, 6) is -0.543. The summed E-state index contributed by atoms with van der Waals surface area (Å²) in [7, 11) is 0. The second kappa shape index (κ2) is 4.80. The van der Waals surface area contributed by atoms with E-state index in [9.17, 15) is 9.59 Å². The van der Waals surface area contributed by atoms with Gasteiger partial charge in [0.15, 0.2) is 0 Å². The third-order valence-corrected chi connectivity index (χ3v) is 2.31. The lowest BCUT2D eigenvalue weighted by atomic mass is 10.1. The normalized spacial score (nSPS) is 10.4. The Labute approximate surface area is 97.4 Å². The number of carbonyl (C=O) groups is 1. The maximum Gasteiger partial charge on any atom is 0.280 e. The van der Waals surface area contributed by atoms with Crippen molar-refractivity contribution < 1.29 is 9.63 Å². The van der Waals surface area contributed by atoms with Gasteiger partial charge in [-0.15, -0.1) is 0 Å². The van der Waals surface area contributed by atoms with Crippen LogP contribution in [0.1, 0.15) is 17.3 Å². The number of rotatable bonds is 3. The summed E-state index contributed by atoms with van der Waals surface area (Å²) >= 11 is 0. The standard InChI is InChI=1S/C12H12N2O3/c1-2-17-14-12(16)9-7-8-5-3-4-6-10(8)13-11(9)15/h3-7H,2H2,1H3,(H,13,15)(H,14,16). The molecule has 0 aliphatic heterocycles. The number of benzene rings is 1. The zero-order valence-electron chi connectivity index (χ0n) is 9.32. The van der Waals surface area contributed by atoms with E-state index in [0.29, 0.717) is 12.1 Å². The summed E-state index contributed by atoms with van der Waals surface area (Å²) in [5.41, 5.74) is 2.50. The van der Waals surface area contributed by atoms with Gasteiger partial charge in [-0.3, -0.25) is 14.4 Å². The van der Waals surface area contributed by atoms with Gasteiger partial charge in [0.25, 0.3) is 11.5 Å². The van der Waals surface area contributed by atoms with Crippen molar-refractivity contribution in [1.82, 2.24) is 10.5 Å². The fourth-order valence-corrected chi connectivity index (χ4v) is 1.51. The lowest BCUT2D eigenvalue weighted by molar-refractivity contribution is 0.0363. The van der Waals surface area contributed by atoms with E-state index >= 15 is 0 Å². The van der Waals surface area contributed by atoms with Crippen molar-refractivity contribution in [3.05, 3.63) is 46.2 Å². The average molecular weight is 232 g/mol. The van der Waals surface area contributed by atoms with Crippen LogP contribution in [0.5, 0.6) is 0 Å². The Hall–Kier alpha value is -2.14. The Morgan fingerprint density at radius 1 is 1.41 bits per heavy atom. The molecule has 2 rings (SSSR count). The first kappa shape index (κ1) is 11.3. The largest absolute Gasteiger partial charge is 0.321 e. The van der Waals surface area contributed by atoms with Crippen molar-refractivity contribution >= 4 is 16.8 Å². The van der Waals surface area contributed by atoms with Gasteiger partial charge in [0.2, 0.25) is 0 Å². The summed E-state index contributed by atoms with van der Waals surface area (Å²) in [6, 6.07) is 8.80. The van der Waals surface area contributed by atoms with Crippen LogP contribution in [0.15, 0.2) is 35.1 Å². The molecule has 0 unspecified atom stereocenters. The number of nitrogens with one attached hydrogen (secondary N) is 2. The van der Waals surface area contributed by atoms with Gasteiger partial charge >= 0.3 is 0 Å². The molecule has 0 spiro atoms. The number of amides is 1. The maximum absolute atomic E-state index is 11.7. The third-order valence-electron chi connectivity index (χ3n) is 2.31. The highest BCUT2D eigenvalue weighted by Gasteiger charge is 2.11. The summed E-state index contributed by atoms with van der Waals surface area (Å²) in [6.07, 6.45) is 0. The minimum atomic E-state index is -0.543. The molecule has 1 aromatic carbocycles. The Morgan fingerprint density at radius 3 is 2.94 bits per heavy atom. The first-order chi connectivity index (χ1) is 8.22. The maximum atomic E-state index is 11.7. The average Bonchev–Trinajstić information content (AvgIpc) is 2.35. The number of pyridine rings is 1. The molecule has 5 nitrogen and oxygen atoms in total. The van der Waals surface area contributed by atoms with Crippen molar-refractivity contribution in [2.75, 3.05) is 6.61 Å². The van der Waals surface area contributed by atoms with Crippen LogP contribution in [0.4, 0.5) is 0 Å². The number of aromatic nitrogens is 1. The number of para-hydroxylation sites is 1. The first-order valence-corrected chi connectivity index (χ1v) is 5.26. The van der Waals surface area contributed by atoms with E-state index in [0.717, 1.165) is 5.39 Å². The molecule has 0 fully saturated rings. The number of hydrogen-bond acceptors (Lipinski definition) is 3. The van der Waals surface area contributed by atoms with E-state index in [1.165, 1.54) is 0 Å². The molecule has 1 aromatic heterocycles. The van der Waals surface area contributed by atoms with Crippen LogP contribution >= 0.6 is 0 Å². The van der Waals surface area contributed by atoms with E-state index in [-0.39, 0.29) is 5.56 Å². The van der Waals surface area contributed by atoms with Crippen LogP contribution in [0, 0.1) is 0 Å². The topological polar surface area (TPSA) is 71.2 Å². The van der Waals surface area contributed by atoms with E-state index in [2.05, 4.69) is 10.5 Å². The van der Waals surface area contributed by atoms with Crippen LogP contribution in [-0.4, -0.2) is 17.5 Å². The van der Waals surface area contributed by atoms with Crippen molar-refractivity contribution in [1.29, 1.82) is 0 Å². The highest BCUT2D eigenvalue weighted by Crippen LogP contribution is 2.09. The Bertz CT molecular complexity index is 604. The summed E-state index contributed by atoms with van der Waals surface area (Å²) in [5, 5.41) is 0.800. The van der Waals surface area contributed by atoms with Gasteiger partial charge < -0.3 is 4.98 Å². The van der Waals surface area contributed by atoms with Crippen LogP contribution in [0.3, 0.4) is 0 Å². The SMILES string of the molecule is CCONC(=O)c1cc2ccccc2[nH]c1=O. The molecule has 2 aromatic rings. The van der Waals surface area contributed by atoms with E-state index in [1.54, 1.807) is 19.1 Å². The number of H-pyrrole nitrogens is 1. The molecular formula is C12H12N2O3. The van der Waals surface area contributed by atoms with Crippen molar-refractivity contribution in [3.8, 4) is 0 Å². The van der Waals surface area contributed by atoms with Crippen molar-refractivity contribution in [2.45, 2.75) is 6.92 Å². The minimum absolute atomic E-state index is 0.0390. The predicted molar refractivity (Wildman–Crippen MR) is 63.7 cm³/mol.